The quantitative estimate of drug-likeness (QED) is 0.284. The number of benzene rings is 3. The van der Waals surface area contributed by atoms with Gasteiger partial charge in [-0.15, -0.1) is 4.57 Å². The number of aromatic nitrogens is 3. The number of ether oxygens (including phenoxy) is 3. The monoisotopic (exact) mass is 484 g/mol. The van der Waals surface area contributed by atoms with Crippen LogP contribution in [0, 0.1) is 0 Å². The van der Waals surface area contributed by atoms with E-state index in [0.717, 1.165) is 16.7 Å². The van der Waals surface area contributed by atoms with Crippen LogP contribution in [0.1, 0.15) is 10.4 Å². The fourth-order valence-electron chi connectivity index (χ4n) is 3.97. The van der Waals surface area contributed by atoms with E-state index in [4.69, 9.17) is 14.2 Å². The Morgan fingerprint density at radius 2 is 1.40 bits per heavy atom. The SMILES string of the molecule is COc1cc(C=C2Sc3nnc(-c4ccccc4)c(-c4ccccc4)[n+]3C2=O)cc(OC)c1OC. The normalized spacial score (nSPS) is 13.6. The molecule has 0 atom stereocenters. The summed E-state index contributed by atoms with van der Waals surface area (Å²) in [6, 6.07) is 23.1. The van der Waals surface area contributed by atoms with Gasteiger partial charge in [-0.05, 0) is 28.9 Å². The van der Waals surface area contributed by atoms with E-state index in [1.807, 2.05) is 60.7 Å². The molecule has 0 saturated heterocycles. The minimum atomic E-state index is -0.176. The van der Waals surface area contributed by atoms with Gasteiger partial charge in [-0.2, -0.15) is 0 Å². The van der Waals surface area contributed by atoms with Gasteiger partial charge in [-0.1, -0.05) is 60.7 Å². The Balaban J connectivity index is 1.65. The molecule has 0 N–H and O–H groups in total. The molecule has 0 amide bonds. The van der Waals surface area contributed by atoms with Gasteiger partial charge < -0.3 is 14.2 Å². The molecule has 0 radical (unpaired) electrons. The summed E-state index contributed by atoms with van der Waals surface area (Å²) in [4.78, 5) is 14.2. The summed E-state index contributed by atoms with van der Waals surface area (Å²) in [5.74, 6) is 1.33. The van der Waals surface area contributed by atoms with E-state index in [9.17, 15) is 4.79 Å². The zero-order chi connectivity index (χ0) is 24.4. The van der Waals surface area contributed by atoms with E-state index in [-0.39, 0.29) is 5.91 Å². The molecule has 2 heterocycles. The minimum Gasteiger partial charge on any atom is -0.493 e. The van der Waals surface area contributed by atoms with Gasteiger partial charge in [-0.3, -0.25) is 0 Å². The second-order valence-corrected chi connectivity index (χ2v) is 8.63. The van der Waals surface area contributed by atoms with E-state index < -0.39 is 0 Å². The van der Waals surface area contributed by atoms with Gasteiger partial charge in [0, 0.05) is 22.9 Å². The Morgan fingerprint density at radius 3 is 1.97 bits per heavy atom. The summed E-state index contributed by atoms with van der Waals surface area (Å²) < 4.78 is 18.0. The Labute approximate surface area is 207 Å². The van der Waals surface area contributed by atoms with Crippen molar-refractivity contribution in [3.8, 4) is 39.8 Å². The lowest BCUT2D eigenvalue weighted by molar-refractivity contribution is -0.602. The molecule has 5 rings (SSSR count). The summed E-state index contributed by atoms with van der Waals surface area (Å²) >= 11 is 1.28. The molecule has 0 saturated carbocycles. The number of rotatable bonds is 6. The molecule has 0 fully saturated rings. The van der Waals surface area contributed by atoms with Crippen molar-refractivity contribution in [2.24, 2.45) is 0 Å². The fraction of sp³-hybridized carbons (Fsp3) is 0.111. The number of fused-ring (bicyclic) bond motifs is 1. The summed E-state index contributed by atoms with van der Waals surface area (Å²) in [7, 11) is 4.67. The molecule has 4 aromatic rings. The van der Waals surface area contributed by atoms with Gasteiger partial charge in [0.1, 0.15) is 4.91 Å². The van der Waals surface area contributed by atoms with Crippen molar-refractivity contribution in [2.75, 3.05) is 21.3 Å². The zero-order valence-corrected chi connectivity index (χ0v) is 20.2. The van der Waals surface area contributed by atoms with Crippen LogP contribution in [-0.2, 0) is 0 Å². The molecule has 0 unspecified atom stereocenters. The Kier molecular flexibility index (Phi) is 6.20. The van der Waals surface area contributed by atoms with Crippen LogP contribution < -0.4 is 18.8 Å². The van der Waals surface area contributed by atoms with Gasteiger partial charge in [0.25, 0.3) is 0 Å². The number of hydrogen-bond donors (Lipinski definition) is 0. The van der Waals surface area contributed by atoms with Gasteiger partial charge in [0.05, 0.1) is 26.4 Å². The maximum absolute atomic E-state index is 13.7. The second-order valence-electron chi connectivity index (χ2n) is 7.62. The van der Waals surface area contributed by atoms with Gasteiger partial charge in [0.2, 0.25) is 5.75 Å². The first-order chi connectivity index (χ1) is 17.1. The molecule has 174 valence electrons. The number of carbonyl (C=O) groups excluding carboxylic acids is 1. The first kappa shape index (κ1) is 22.6. The van der Waals surface area contributed by atoms with Gasteiger partial charge in [0.15, 0.2) is 22.9 Å². The largest absolute Gasteiger partial charge is 0.493 e. The molecule has 3 aromatic carbocycles. The van der Waals surface area contributed by atoms with Crippen LogP contribution in [0.2, 0.25) is 0 Å². The van der Waals surface area contributed by atoms with E-state index in [1.165, 1.54) is 11.8 Å². The number of thioether (sulfide) groups is 1. The Bertz CT molecular complexity index is 1420. The molecule has 7 nitrogen and oxygen atoms in total. The summed E-state index contributed by atoms with van der Waals surface area (Å²) in [5, 5.41) is 9.43. The van der Waals surface area contributed by atoms with E-state index in [2.05, 4.69) is 10.2 Å². The highest BCUT2D eigenvalue weighted by molar-refractivity contribution is 8.04. The lowest BCUT2D eigenvalue weighted by Gasteiger charge is -2.12. The van der Waals surface area contributed by atoms with E-state index in [0.29, 0.717) is 38.7 Å². The third-order valence-corrected chi connectivity index (χ3v) is 6.53. The molecular formula is C27H22N3O4S+. The second kappa shape index (κ2) is 9.60. The van der Waals surface area contributed by atoms with Crippen molar-refractivity contribution >= 4 is 23.7 Å². The summed E-state index contributed by atoms with van der Waals surface area (Å²) in [6.45, 7) is 0. The van der Waals surface area contributed by atoms with E-state index >= 15 is 0 Å². The average Bonchev–Trinajstić information content (AvgIpc) is 3.23. The first-order valence-electron chi connectivity index (χ1n) is 10.8. The van der Waals surface area contributed by atoms with Gasteiger partial charge >= 0.3 is 11.1 Å². The standard InChI is InChI=1S/C27H22N3O4S/c1-32-20-14-17(15-21(33-2)25(20)34-3)16-22-26(31)30-24(19-12-8-5-9-13-19)23(28-29-27(30)35-22)18-10-6-4-7-11-18/h4-16H,1-3H3/q+1. The molecule has 0 aliphatic carbocycles. The van der Waals surface area contributed by atoms with E-state index in [1.54, 1.807) is 44.1 Å². The smallest absolute Gasteiger partial charge is 0.399 e. The topological polar surface area (TPSA) is 74.4 Å². The van der Waals surface area contributed by atoms with Crippen LogP contribution in [-0.4, -0.2) is 37.4 Å². The predicted molar refractivity (Wildman–Crippen MR) is 134 cm³/mol. The lowest BCUT2D eigenvalue weighted by Crippen LogP contribution is -2.44. The van der Waals surface area contributed by atoms with Crippen LogP contribution in [0.3, 0.4) is 0 Å². The number of methoxy groups -OCH3 is 3. The average molecular weight is 485 g/mol. The molecule has 35 heavy (non-hydrogen) atoms. The molecule has 8 heteroatoms. The van der Waals surface area contributed by atoms with Crippen LogP contribution >= 0.6 is 11.8 Å². The highest BCUT2D eigenvalue weighted by Crippen LogP contribution is 2.40. The van der Waals surface area contributed by atoms with Crippen molar-refractivity contribution in [2.45, 2.75) is 5.16 Å². The minimum absolute atomic E-state index is 0.176. The maximum Gasteiger partial charge on any atom is 0.399 e. The Hall–Kier alpha value is -4.17. The predicted octanol–water partition coefficient (Wildman–Crippen LogP) is 4.91. The van der Waals surface area contributed by atoms with Crippen LogP contribution in [0.4, 0.5) is 0 Å². The lowest BCUT2D eigenvalue weighted by atomic mass is 10.0. The zero-order valence-electron chi connectivity index (χ0n) is 19.4. The molecular weight excluding hydrogens is 462 g/mol. The molecule has 1 aromatic heterocycles. The molecule has 1 aliphatic heterocycles. The highest BCUT2D eigenvalue weighted by Gasteiger charge is 2.40. The van der Waals surface area contributed by atoms with Gasteiger partial charge in [-0.25, -0.2) is 4.79 Å². The summed E-state index contributed by atoms with van der Waals surface area (Å²) in [5.41, 5.74) is 3.84. The van der Waals surface area contributed by atoms with Crippen molar-refractivity contribution in [1.82, 2.24) is 10.2 Å². The number of carbonyl (C=O) groups is 1. The molecule has 1 aliphatic rings. The first-order valence-corrected chi connectivity index (χ1v) is 11.6. The number of nitrogens with zero attached hydrogens (tertiary/aromatic N) is 3. The maximum atomic E-state index is 13.7. The van der Waals surface area contributed by atoms with Crippen molar-refractivity contribution in [3.05, 3.63) is 83.3 Å². The molecule has 0 bridgehead atoms. The third-order valence-electron chi connectivity index (χ3n) is 5.57. The Morgan fingerprint density at radius 1 is 0.800 bits per heavy atom. The number of allylic oxidation sites excluding steroid dienone is 1. The number of hydrogen-bond acceptors (Lipinski definition) is 7. The van der Waals surface area contributed by atoms with Crippen molar-refractivity contribution in [1.29, 1.82) is 0 Å². The third kappa shape index (κ3) is 4.13. The van der Waals surface area contributed by atoms with Crippen LogP contribution in [0.15, 0.2) is 82.9 Å². The molecule has 0 spiro atoms. The van der Waals surface area contributed by atoms with Crippen molar-refractivity contribution < 1.29 is 23.6 Å². The summed E-state index contributed by atoms with van der Waals surface area (Å²) in [6.07, 6.45) is 1.79. The highest BCUT2D eigenvalue weighted by atomic mass is 32.2. The van der Waals surface area contributed by atoms with Crippen LogP contribution in [0.5, 0.6) is 17.2 Å². The fourth-order valence-corrected chi connectivity index (χ4v) is 4.89. The van der Waals surface area contributed by atoms with Crippen LogP contribution in [0.25, 0.3) is 28.6 Å². The van der Waals surface area contributed by atoms with Crippen molar-refractivity contribution in [3.63, 3.8) is 0 Å².